The number of aliphatic hydroxyl groups is 1. The third-order valence-electron chi connectivity index (χ3n) is 3.80. The molecule has 2 rings (SSSR count). The largest absolute Gasteiger partial charge is 0.416 e. The predicted octanol–water partition coefficient (Wildman–Crippen LogP) is 3.08. The van der Waals surface area contributed by atoms with E-state index in [1.807, 2.05) is 0 Å². The van der Waals surface area contributed by atoms with E-state index in [0.717, 1.165) is 25.0 Å². The van der Waals surface area contributed by atoms with E-state index >= 15 is 0 Å². The SMILES string of the molecule is CC(O)C1CCCCN1C(=O)c1cccc(C(F)(F)F)c1. The van der Waals surface area contributed by atoms with Crippen LogP contribution in [0.1, 0.15) is 42.1 Å². The number of benzene rings is 1. The van der Waals surface area contributed by atoms with Crippen molar-refractivity contribution in [3.05, 3.63) is 35.4 Å². The summed E-state index contributed by atoms with van der Waals surface area (Å²) in [5.74, 6) is -0.452. The molecule has 0 saturated carbocycles. The van der Waals surface area contributed by atoms with Crippen molar-refractivity contribution in [1.82, 2.24) is 4.90 Å². The number of hydrogen-bond donors (Lipinski definition) is 1. The van der Waals surface area contributed by atoms with Crippen LogP contribution in [0.15, 0.2) is 24.3 Å². The summed E-state index contributed by atoms with van der Waals surface area (Å²) in [6.45, 7) is 2.06. The zero-order chi connectivity index (χ0) is 15.6. The minimum atomic E-state index is -4.47. The molecule has 0 bridgehead atoms. The van der Waals surface area contributed by atoms with E-state index in [4.69, 9.17) is 0 Å². The summed E-state index contributed by atoms with van der Waals surface area (Å²) in [6, 6.07) is 4.10. The van der Waals surface area contributed by atoms with Gasteiger partial charge in [0.05, 0.1) is 17.7 Å². The van der Waals surface area contributed by atoms with Gasteiger partial charge in [0.1, 0.15) is 0 Å². The maximum atomic E-state index is 12.7. The van der Waals surface area contributed by atoms with Gasteiger partial charge in [-0.1, -0.05) is 6.07 Å². The lowest BCUT2D eigenvalue weighted by atomic mass is 9.97. The molecule has 0 aliphatic carbocycles. The van der Waals surface area contributed by atoms with E-state index in [0.29, 0.717) is 13.0 Å². The summed E-state index contributed by atoms with van der Waals surface area (Å²) < 4.78 is 38.1. The molecule has 0 radical (unpaired) electrons. The first-order valence-electron chi connectivity index (χ1n) is 6.97. The fraction of sp³-hybridized carbons (Fsp3) is 0.533. The quantitative estimate of drug-likeness (QED) is 0.912. The highest BCUT2D eigenvalue weighted by atomic mass is 19.4. The first kappa shape index (κ1) is 15.8. The Balaban J connectivity index is 2.26. The molecule has 0 spiro atoms. The number of aliphatic hydroxyl groups excluding tert-OH is 1. The van der Waals surface area contributed by atoms with E-state index in [-0.39, 0.29) is 11.6 Å². The predicted molar refractivity (Wildman–Crippen MR) is 71.8 cm³/mol. The van der Waals surface area contributed by atoms with Gasteiger partial charge in [-0.15, -0.1) is 0 Å². The Hall–Kier alpha value is -1.56. The molecule has 116 valence electrons. The molecule has 1 aromatic carbocycles. The summed E-state index contributed by atoms with van der Waals surface area (Å²) in [4.78, 5) is 13.9. The minimum Gasteiger partial charge on any atom is -0.391 e. The number of rotatable bonds is 2. The van der Waals surface area contributed by atoms with E-state index in [2.05, 4.69) is 0 Å². The Morgan fingerprint density at radius 1 is 1.38 bits per heavy atom. The van der Waals surface area contributed by atoms with E-state index in [1.165, 1.54) is 17.0 Å². The Morgan fingerprint density at radius 2 is 2.10 bits per heavy atom. The van der Waals surface area contributed by atoms with Crippen LogP contribution < -0.4 is 0 Å². The highest BCUT2D eigenvalue weighted by molar-refractivity contribution is 5.94. The molecule has 2 atom stereocenters. The van der Waals surface area contributed by atoms with Crippen molar-refractivity contribution in [2.45, 2.75) is 44.5 Å². The number of nitrogens with zero attached hydrogens (tertiary/aromatic N) is 1. The van der Waals surface area contributed by atoms with Gasteiger partial charge < -0.3 is 10.0 Å². The maximum Gasteiger partial charge on any atom is 0.416 e. The van der Waals surface area contributed by atoms with E-state index < -0.39 is 23.8 Å². The van der Waals surface area contributed by atoms with Crippen LogP contribution in [0.3, 0.4) is 0 Å². The van der Waals surface area contributed by atoms with Crippen molar-refractivity contribution in [2.75, 3.05) is 6.54 Å². The highest BCUT2D eigenvalue weighted by Crippen LogP contribution is 2.30. The second-order valence-electron chi connectivity index (χ2n) is 5.38. The van der Waals surface area contributed by atoms with Gasteiger partial charge in [-0.3, -0.25) is 4.79 Å². The molecule has 1 aliphatic heterocycles. The smallest absolute Gasteiger partial charge is 0.391 e. The van der Waals surface area contributed by atoms with Crippen molar-refractivity contribution in [3.8, 4) is 0 Å². The summed E-state index contributed by atoms with van der Waals surface area (Å²) >= 11 is 0. The number of amides is 1. The van der Waals surface area contributed by atoms with Crippen molar-refractivity contribution in [1.29, 1.82) is 0 Å². The fourth-order valence-corrected chi connectivity index (χ4v) is 2.71. The number of likely N-dealkylation sites (tertiary alicyclic amines) is 1. The van der Waals surface area contributed by atoms with Gasteiger partial charge in [0, 0.05) is 12.1 Å². The Morgan fingerprint density at radius 3 is 2.71 bits per heavy atom. The fourth-order valence-electron chi connectivity index (χ4n) is 2.71. The van der Waals surface area contributed by atoms with Crippen molar-refractivity contribution < 1.29 is 23.1 Å². The van der Waals surface area contributed by atoms with Crippen LogP contribution in [0.4, 0.5) is 13.2 Å². The third-order valence-corrected chi connectivity index (χ3v) is 3.80. The minimum absolute atomic E-state index is 0.0115. The first-order valence-corrected chi connectivity index (χ1v) is 6.97. The van der Waals surface area contributed by atoms with Crippen LogP contribution in [0.2, 0.25) is 0 Å². The van der Waals surface area contributed by atoms with E-state index in [1.54, 1.807) is 6.92 Å². The molecule has 6 heteroatoms. The molecule has 1 N–H and O–H groups in total. The molecule has 1 aliphatic rings. The molecule has 2 unspecified atom stereocenters. The molecule has 1 saturated heterocycles. The highest BCUT2D eigenvalue weighted by Gasteiger charge is 2.33. The number of carbonyl (C=O) groups is 1. The molecule has 1 heterocycles. The third kappa shape index (κ3) is 3.56. The van der Waals surface area contributed by atoms with E-state index in [9.17, 15) is 23.1 Å². The molecule has 1 amide bonds. The van der Waals surface area contributed by atoms with Crippen molar-refractivity contribution >= 4 is 5.91 Å². The van der Waals surface area contributed by atoms with Crippen LogP contribution in [0.25, 0.3) is 0 Å². The topological polar surface area (TPSA) is 40.5 Å². The summed E-state index contributed by atoms with van der Waals surface area (Å²) in [5.41, 5.74) is -0.823. The monoisotopic (exact) mass is 301 g/mol. The lowest BCUT2D eigenvalue weighted by molar-refractivity contribution is -0.137. The average Bonchev–Trinajstić information content (AvgIpc) is 2.45. The summed E-state index contributed by atoms with van der Waals surface area (Å²) in [6.07, 6.45) is -2.79. The molecule has 21 heavy (non-hydrogen) atoms. The van der Waals surface area contributed by atoms with Gasteiger partial charge in [-0.05, 0) is 44.4 Å². The van der Waals surface area contributed by atoms with Gasteiger partial charge >= 0.3 is 6.18 Å². The van der Waals surface area contributed by atoms with Gasteiger partial charge in [-0.2, -0.15) is 13.2 Å². The second-order valence-corrected chi connectivity index (χ2v) is 5.38. The number of piperidine rings is 1. The molecule has 1 aromatic rings. The normalized spacial score (nSPS) is 21.2. The average molecular weight is 301 g/mol. The lowest BCUT2D eigenvalue weighted by Gasteiger charge is -2.37. The lowest BCUT2D eigenvalue weighted by Crippen LogP contribution is -2.48. The van der Waals surface area contributed by atoms with Crippen molar-refractivity contribution in [3.63, 3.8) is 0 Å². The molecule has 1 fully saturated rings. The zero-order valence-corrected chi connectivity index (χ0v) is 11.7. The van der Waals surface area contributed by atoms with Gasteiger partial charge in [0.25, 0.3) is 5.91 Å². The molecule has 3 nitrogen and oxygen atoms in total. The summed E-state index contributed by atoms with van der Waals surface area (Å²) in [7, 11) is 0. The number of halogens is 3. The standard InChI is InChI=1S/C15H18F3NO2/c1-10(20)13-7-2-3-8-19(13)14(21)11-5-4-6-12(9-11)15(16,17)18/h4-6,9-10,13,20H,2-3,7-8H2,1H3. The number of hydrogen-bond acceptors (Lipinski definition) is 2. The molecule has 0 aromatic heterocycles. The van der Waals surface area contributed by atoms with Crippen LogP contribution in [-0.4, -0.2) is 34.6 Å². The molecular weight excluding hydrogens is 283 g/mol. The zero-order valence-electron chi connectivity index (χ0n) is 11.7. The van der Waals surface area contributed by atoms with Crippen LogP contribution >= 0.6 is 0 Å². The van der Waals surface area contributed by atoms with Gasteiger partial charge in [-0.25, -0.2) is 0 Å². The number of carbonyl (C=O) groups excluding carboxylic acids is 1. The number of alkyl halides is 3. The first-order chi connectivity index (χ1) is 9.80. The maximum absolute atomic E-state index is 12.7. The van der Waals surface area contributed by atoms with Crippen LogP contribution in [-0.2, 0) is 6.18 Å². The van der Waals surface area contributed by atoms with Gasteiger partial charge in [0.2, 0.25) is 0 Å². The summed E-state index contributed by atoms with van der Waals surface area (Å²) in [5, 5.41) is 9.75. The Kier molecular flexibility index (Phi) is 4.56. The van der Waals surface area contributed by atoms with Crippen molar-refractivity contribution in [2.24, 2.45) is 0 Å². The molecular formula is C15H18F3NO2. The second kappa shape index (κ2) is 6.05. The Bertz CT molecular complexity index is 514. The van der Waals surface area contributed by atoms with Crippen LogP contribution in [0.5, 0.6) is 0 Å². The van der Waals surface area contributed by atoms with Crippen LogP contribution in [0, 0.1) is 0 Å². The Labute approximate surface area is 121 Å². The van der Waals surface area contributed by atoms with Gasteiger partial charge in [0.15, 0.2) is 0 Å².